The van der Waals surface area contributed by atoms with E-state index >= 15 is 0 Å². The van der Waals surface area contributed by atoms with Crippen molar-refractivity contribution < 1.29 is 4.79 Å². The zero-order valence-corrected chi connectivity index (χ0v) is 16.6. The van der Waals surface area contributed by atoms with E-state index in [4.69, 9.17) is 5.26 Å². The lowest BCUT2D eigenvalue weighted by Crippen LogP contribution is -2.22. The molecule has 2 aromatic heterocycles. The molecule has 0 spiro atoms. The first-order valence-electron chi connectivity index (χ1n) is 8.11. The molecule has 0 aliphatic carbocycles. The molecule has 7 heteroatoms. The SMILES string of the molecule is Cc1nc(S[C@H](C)C(=O)Nc2cccc(C#N)c2)c2c(C)c(C)sc2n1. The molecule has 0 aliphatic rings. The number of rotatable bonds is 4. The summed E-state index contributed by atoms with van der Waals surface area (Å²) in [5, 5.41) is 13.4. The first kappa shape index (κ1) is 18.4. The van der Waals surface area contributed by atoms with Crippen LogP contribution in [-0.2, 0) is 4.79 Å². The number of benzene rings is 1. The Morgan fingerprint density at radius 2 is 2.08 bits per heavy atom. The normalized spacial score (nSPS) is 12.0. The summed E-state index contributed by atoms with van der Waals surface area (Å²) in [6.07, 6.45) is 0. The molecule has 26 heavy (non-hydrogen) atoms. The van der Waals surface area contributed by atoms with E-state index in [0.29, 0.717) is 17.1 Å². The Labute approximate surface area is 160 Å². The van der Waals surface area contributed by atoms with Gasteiger partial charge in [0.25, 0.3) is 0 Å². The fourth-order valence-corrected chi connectivity index (χ4v) is 4.72. The third-order valence-corrected chi connectivity index (χ3v) is 6.21. The zero-order valence-electron chi connectivity index (χ0n) is 15.0. The molecule has 5 nitrogen and oxygen atoms in total. The van der Waals surface area contributed by atoms with Crippen LogP contribution in [0.5, 0.6) is 0 Å². The molecule has 3 rings (SSSR count). The second-order valence-corrected chi connectivity index (χ2v) is 8.51. The lowest BCUT2D eigenvalue weighted by Gasteiger charge is -2.13. The van der Waals surface area contributed by atoms with Crippen LogP contribution in [0.15, 0.2) is 29.3 Å². The fourth-order valence-electron chi connectivity index (χ4n) is 2.53. The average Bonchev–Trinajstić information content (AvgIpc) is 2.88. The third-order valence-electron chi connectivity index (χ3n) is 4.02. The van der Waals surface area contributed by atoms with Gasteiger partial charge in [-0.2, -0.15) is 5.26 Å². The number of fused-ring (bicyclic) bond motifs is 1. The summed E-state index contributed by atoms with van der Waals surface area (Å²) in [6.45, 7) is 7.86. The number of amides is 1. The Hall–Kier alpha value is -2.43. The van der Waals surface area contributed by atoms with Crippen LogP contribution in [0.2, 0.25) is 0 Å². The largest absolute Gasteiger partial charge is 0.325 e. The van der Waals surface area contributed by atoms with Crippen molar-refractivity contribution >= 4 is 44.9 Å². The molecule has 1 atom stereocenters. The van der Waals surface area contributed by atoms with Gasteiger partial charge in [0, 0.05) is 16.0 Å². The fraction of sp³-hybridized carbons (Fsp3) is 0.263. The van der Waals surface area contributed by atoms with Crippen molar-refractivity contribution in [2.75, 3.05) is 5.32 Å². The van der Waals surface area contributed by atoms with E-state index in [-0.39, 0.29) is 11.2 Å². The molecule has 0 aliphatic heterocycles. The number of nitriles is 1. The summed E-state index contributed by atoms with van der Waals surface area (Å²) in [7, 11) is 0. The maximum atomic E-state index is 12.6. The number of hydrogen-bond donors (Lipinski definition) is 1. The van der Waals surface area contributed by atoms with Crippen molar-refractivity contribution in [1.29, 1.82) is 5.26 Å². The third kappa shape index (κ3) is 3.71. The number of thiophene rings is 1. The molecule has 1 aromatic carbocycles. The Kier molecular flexibility index (Phi) is 5.25. The lowest BCUT2D eigenvalue weighted by molar-refractivity contribution is -0.115. The van der Waals surface area contributed by atoms with Crippen molar-refractivity contribution in [3.05, 3.63) is 46.1 Å². The molecule has 0 bridgehead atoms. The predicted molar refractivity (Wildman–Crippen MR) is 107 cm³/mol. The van der Waals surface area contributed by atoms with Crippen molar-refractivity contribution in [3.8, 4) is 6.07 Å². The van der Waals surface area contributed by atoms with Crippen molar-refractivity contribution in [3.63, 3.8) is 0 Å². The summed E-state index contributed by atoms with van der Waals surface area (Å²) in [5.74, 6) is 0.578. The molecule has 3 aromatic rings. The highest BCUT2D eigenvalue weighted by molar-refractivity contribution is 8.00. The van der Waals surface area contributed by atoms with Gasteiger partial charge in [-0.1, -0.05) is 17.8 Å². The van der Waals surface area contributed by atoms with Crippen LogP contribution in [0.4, 0.5) is 5.69 Å². The van der Waals surface area contributed by atoms with Gasteiger partial charge in [0.05, 0.1) is 16.9 Å². The van der Waals surface area contributed by atoms with Gasteiger partial charge in [-0.25, -0.2) is 9.97 Å². The smallest absolute Gasteiger partial charge is 0.237 e. The summed E-state index contributed by atoms with van der Waals surface area (Å²) in [6, 6.07) is 8.96. The Balaban J connectivity index is 1.83. The van der Waals surface area contributed by atoms with Gasteiger partial charge in [-0.3, -0.25) is 4.79 Å². The maximum absolute atomic E-state index is 12.6. The first-order chi connectivity index (χ1) is 12.4. The van der Waals surface area contributed by atoms with E-state index in [1.807, 2.05) is 13.8 Å². The molecule has 0 radical (unpaired) electrons. The summed E-state index contributed by atoms with van der Waals surface area (Å²) >= 11 is 3.08. The van der Waals surface area contributed by atoms with E-state index in [2.05, 4.69) is 35.2 Å². The molecule has 1 amide bonds. The number of aromatic nitrogens is 2. The Morgan fingerprint density at radius 3 is 2.81 bits per heavy atom. The first-order valence-corrected chi connectivity index (χ1v) is 9.80. The number of anilines is 1. The molecule has 132 valence electrons. The quantitative estimate of drug-likeness (QED) is 0.527. The summed E-state index contributed by atoms with van der Waals surface area (Å²) in [5.41, 5.74) is 2.30. The Bertz CT molecular complexity index is 1040. The van der Waals surface area contributed by atoms with Crippen LogP contribution in [0, 0.1) is 32.1 Å². The van der Waals surface area contributed by atoms with E-state index < -0.39 is 0 Å². The molecular formula is C19H18N4OS2. The molecule has 0 saturated carbocycles. The standard InChI is InChI=1S/C19H18N4OS2/c1-10-11(2)25-18-16(10)19(22-13(4)21-18)26-12(3)17(24)23-15-7-5-6-14(8-15)9-20/h5-8,12H,1-4H3,(H,23,24)/t12-/m1/s1. The van der Waals surface area contributed by atoms with Gasteiger partial charge < -0.3 is 5.32 Å². The average molecular weight is 383 g/mol. The van der Waals surface area contributed by atoms with Gasteiger partial charge in [-0.15, -0.1) is 11.3 Å². The van der Waals surface area contributed by atoms with Crippen LogP contribution < -0.4 is 5.32 Å². The molecular weight excluding hydrogens is 364 g/mol. The number of aryl methyl sites for hydroxylation is 3. The van der Waals surface area contributed by atoms with Gasteiger partial charge in [0.2, 0.25) is 5.91 Å². The second-order valence-electron chi connectivity index (χ2n) is 5.98. The molecule has 0 unspecified atom stereocenters. The minimum atomic E-state index is -0.335. The molecule has 2 heterocycles. The topological polar surface area (TPSA) is 78.7 Å². The van der Waals surface area contributed by atoms with E-state index in [1.54, 1.807) is 35.6 Å². The molecule has 0 saturated heterocycles. The van der Waals surface area contributed by atoms with Gasteiger partial charge in [0.1, 0.15) is 15.7 Å². The van der Waals surface area contributed by atoms with Gasteiger partial charge in [0.15, 0.2) is 0 Å². The summed E-state index contributed by atoms with van der Waals surface area (Å²) < 4.78 is 0. The number of carbonyl (C=O) groups is 1. The minimum Gasteiger partial charge on any atom is -0.325 e. The minimum absolute atomic E-state index is 0.126. The number of thioether (sulfide) groups is 1. The van der Waals surface area contributed by atoms with Crippen LogP contribution in [0.3, 0.4) is 0 Å². The van der Waals surface area contributed by atoms with Gasteiger partial charge >= 0.3 is 0 Å². The molecule has 1 N–H and O–H groups in total. The van der Waals surface area contributed by atoms with Gasteiger partial charge in [-0.05, 0) is 51.5 Å². The molecule has 0 fully saturated rings. The predicted octanol–water partition coefficient (Wildman–Crippen LogP) is 4.61. The number of carbonyl (C=O) groups excluding carboxylic acids is 1. The van der Waals surface area contributed by atoms with E-state index in [0.717, 1.165) is 15.2 Å². The summed E-state index contributed by atoms with van der Waals surface area (Å²) in [4.78, 5) is 23.8. The van der Waals surface area contributed by atoms with Crippen molar-refractivity contribution in [2.45, 2.75) is 38.0 Å². The second kappa shape index (κ2) is 7.44. The number of nitrogens with zero attached hydrogens (tertiary/aromatic N) is 3. The number of nitrogens with one attached hydrogen (secondary N) is 1. The Morgan fingerprint density at radius 1 is 1.31 bits per heavy atom. The van der Waals surface area contributed by atoms with Crippen molar-refractivity contribution in [1.82, 2.24) is 9.97 Å². The van der Waals surface area contributed by atoms with E-state index in [9.17, 15) is 4.79 Å². The lowest BCUT2D eigenvalue weighted by atomic mass is 10.2. The highest BCUT2D eigenvalue weighted by Gasteiger charge is 2.20. The zero-order chi connectivity index (χ0) is 18.8. The number of hydrogen-bond acceptors (Lipinski definition) is 6. The van der Waals surface area contributed by atoms with Crippen LogP contribution in [-0.4, -0.2) is 21.1 Å². The highest BCUT2D eigenvalue weighted by atomic mass is 32.2. The van der Waals surface area contributed by atoms with Crippen LogP contribution in [0.25, 0.3) is 10.2 Å². The van der Waals surface area contributed by atoms with E-state index in [1.165, 1.54) is 22.2 Å². The van der Waals surface area contributed by atoms with Crippen molar-refractivity contribution in [2.24, 2.45) is 0 Å². The van der Waals surface area contributed by atoms with Crippen LogP contribution in [0.1, 0.15) is 28.8 Å². The highest BCUT2D eigenvalue weighted by Crippen LogP contribution is 2.36. The monoisotopic (exact) mass is 382 g/mol. The van der Waals surface area contributed by atoms with Crippen LogP contribution >= 0.6 is 23.1 Å². The maximum Gasteiger partial charge on any atom is 0.237 e.